The van der Waals surface area contributed by atoms with E-state index in [9.17, 15) is 14.7 Å². The summed E-state index contributed by atoms with van der Waals surface area (Å²) in [5.41, 5.74) is 3.54. The van der Waals surface area contributed by atoms with E-state index in [1.807, 2.05) is 19.1 Å². The van der Waals surface area contributed by atoms with E-state index in [4.69, 9.17) is 0 Å². The number of aryl methyl sites for hydroxylation is 2. The number of aromatic hydroxyl groups is 1. The normalized spacial score (nSPS) is 35.9. The summed E-state index contributed by atoms with van der Waals surface area (Å²) in [7, 11) is 0. The second-order valence-electron chi connectivity index (χ2n) is 13.1. The fraction of sp³-hybridized carbons (Fsp3) is 0.625. The molecule has 1 aromatic carbocycles. The molecule has 6 heteroatoms. The Kier molecular flexibility index (Phi) is 5.43. The zero-order valence-corrected chi connectivity index (χ0v) is 23.0. The number of phenols is 1. The molecule has 202 valence electrons. The van der Waals surface area contributed by atoms with Gasteiger partial charge >= 0.3 is 0 Å². The minimum absolute atomic E-state index is 0.0567. The number of pyridine rings is 1. The Labute approximate surface area is 225 Å². The van der Waals surface area contributed by atoms with Crippen LogP contribution in [0.5, 0.6) is 5.75 Å². The number of hydrogen-bond donors (Lipinski definition) is 2. The molecule has 2 N–H and O–H groups in total. The van der Waals surface area contributed by atoms with Gasteiger partial charge in [0, 0.05) is 36.3 Å². The Morgan fingerprint density at radius 3 is 2.71 bits per heavy atom. The van der Waals surface area contributed by atoms with Crippen LogP contribution in [-0.4, -0.2) is 57.5 Å². The zero-order chi connectivity index (χ0) is 26.4. The molecule has 0 spiro atoms. The van der Waals surface area contributed by atoms with Gasteiger partial charge < -0.3 is 15.0 Å². The first-order valence-corrected chi connectivity index (χ1v) is 14.9. The predicted octanol–water partition coefficient (Wildman–Crippen LogP) is 4.63. The first kappa shape index (κ1) is 24.4. The van der Waals surface area contributed by atoms with Crippen molar-refractivity contribution in [3.8, 4) is 5.75 Å². The lowest BCUT2D eigenvalue weighted by Gasteiger charge is -2.63. The number of amides is 1. The number of aromatic amines is 1. The van der Waals surface area contributed by atoms with E-state index in [1.54, 1.807) is 6.07 Å². The molecule has 3 saturated carbocycles. The van der Waals surface area contributed by atoms with Gasteiger partial charge in [-0.15, -0.1) is 0 Å². The largest absolute Gasteiger partial charge is 0.508 e. The minimum Gasteiger partial charge on any atom is -0.508 e. The summed E-state index contributed by atoms with van der Waals surface area (Å²) in [6.45, 7) is 9.60. The van der Waals surface area contributed by atoms with Gasteiger partial charge in [0.15, 0.2) is 0 Å². The first-order chi connectivity index (χ1) is 18.3. The highest BCUT2D eigenvalue weighted by Crippen LogP contribution is 2.73. The summed E-state index contributed by atoms with van der Waals surface area (Å²) in [6.07, 6.45) is 8.00. The van der Waals surface area contributed by atoms with Crippen LogP contribution in [0.1, 0.15) is 79.6 Å². The van der Waals surface area contributed by atoms with Gasteiger partial charge in [-0.25, -0.2) is 0 Å². The summed E-state index contributed by atoms with van der Waals surface area (Å²) >= 11 is 0. The number of hydrogen-bond acceptors (Lipinski definition) is 4. The summed E-state index contributed by atoms with van der Waals surface area (Å²) in [5.74, 6) is 1.89. The van der Waals surface area contributed by atoms with Crippen molar-refractivity contribution in [1.29, 1.82) is 0 Å². The number of nitrogens with zero attached hydrogens (tertiary/aromatic N) is 2. The van der Waals surface area contributed by atoms with Crippen molar-refractivity contribution >= 4 is 5.91 Å². The molecule has 1 amide bonds. The number of rotatable bonds is 5. The van der Waals surface area contributed by atoms with Gasteiger partial charge in [0.2, 0.25) is 0 Å². The summed E-state index contributed by atoms with van der Waals surface area (Å²) < 4.78 is 0. The van der Waals surface area contributed by atoms with Crippen molar-refractivity contribution in [2.24, 2.45) is 23.2 Å². The molecule has 2 aliphatic heterocycles. The SMILES string of the molecule is CCc1ccc(O)cc1C12CCN(CC3CC3)C(C)C13CCC1C2[C@@H](CN1C(=O)c1ccc(C)[nH]c1=O)C3. The Morgan fingerprint density at radius 2 is 1.97 bits per heavy atom. The molecule has 2 aromatic rings. The maximum atomic E-state index is 13.9. The molecule has 7 rings (SSSR count). The monoisotopic (exact) mass is 515 g/mol. The van der Waals surface area contributed by atoms with E-state index < -0.39 is 0 Å². The van der Waals surface area contributed by atoms with Crippen molar-refractivity contribution in [2.75, 3.05) is 19.6 Å². The maximum Gasteiger partial charge on any atom is 0.260 e. The average molecular weight is 516 g/mol. The predicted molar refractivity (Wildman–Crippen MR) is 147 cm³/mol. The molecule has 6 nitrogen and oxygen atoms in total. The van der Waals surface area contributed by atoms with Crippen molar-refractivity contribution in [3.05, 3.63) is 63.1 Å². The highest BCUT2D eigenvalue weighted by Gasteiger charge is 2.74. The molecule has 3 aliphatic carbocycles. The molecule has 5 aliphatic rings. The summed E-state index contributed by atoms with van der Waals surface area (Å²) in [4.78, 5) is 34.3. The first-order valence-electron chi connectivity index (χ1n) is 14.9. The fourth-order valence-electron chi connectivity index (χ4n) is 9.89. The smallest absolute Gasteiger partial charge is 0.260 e. The van der Waals surface area contributed by atoms with Crippen LogP contribution >= 0.6 is 0 Å². The van der Waals surface area contributed by atoms with Gasteiger partial charge in [-0.2, -0.15) is 0 Å². The van der Waals surface area contributed by atoms with E-state index in [0.717, 1.165) is 56.8 Å². The van der Waals surface area contributed by atoms with Gasteiger partial charge in [-0.3, -0.25) is 14.5 Å². The lowest BCUT2D eigenvalue weighted by atomic mass is 9.46. The topological polar surface area (TPSA) is 76.6 Å². The number of phenolic OH excluding ortho intramolecular Hbond substituents is 1. The Hall–Kier alpha value is -2.60. The Balaban J connectivity index is 1.34. The third-order valence-electron chi connectivity index (χ3n) is 11.6. The van der Waals surface area contributed by atoms with Crippen LogP contribution in [-0.2, 0) is 11.8 Å². The number of likely N-dealkylation sites (tertiary alicyclic amines) is 2. The standard InChI is InChI=1S/C32H41N3O3/c1-4-22-8-9-24(36)15-26(22)32-13-14-34(17-21-6-7-21)20(3)31(32)12-11-27-28(32)23(16-31)18-35(27)30(38)25-10-5-19(2)33-29(25)37/h5,8-10,15,20-21,23,27-28,36H,4,6-7,11-14,16-18H2,1-3H3,(H,33,37)/t20?,23-,27?,28?,31?,32?/m1/s1. The van der Waals surface area contributed by atoms with Crippen LogP contribution in [0, 0.1) is 30.1 Å². The second kappa shape index (κ2) is 8.45. The molecule has 5 unspecified atom stereocenters. The van der Waals surface area contributed by atoms with Crippen LogP contribution in [0.3, 0.4) is 0 Å². The van der Waals surface area contributed by atoms with Crippen molar-refractivity contribution in [3.63, 3.8) is 0 Å². The molecule has 3 heterocycles. The molecule has 6 atom stereocenters. The molecule has 0 radical (unpaired) electrons. The molecule has 38 heavy (non-hydrogen) atoms. The highest BCUT2D eigenvalue weighted by atomic mass is 16.3. The lowest BCUT2D eigenvalue weighted by Crippen LogP contribution is -2.66. The second-order valence-corrected chi connectivity index (χ2v) is 13.1. The van der Waals surface area contributed by atoms with Crippen LogP contribution in [0.4, 0.5) is 0 Å². The molecule has 2 saturated heterocycles. The quantitative estimate of drug-likeness (QED) is 0.609. The van der Waals surface area contributed by atoms with Crippen LogP contribution in [0.25, 0.3) is 0 Å². The van der Waals surface area contributed by atoms with E-state index in [0.29, 0.717) is 23.6 Å². The number of piperidine rings is 1. The van der Waals surface area contributed by atoms with E-state index in [2.05, 4.69) is 40.8 Å². The molecular weight excluding hydrogens is 474 g/mol. The molecule has 5 fully saturated rings. The molecule has 2 bridgehead atoms. The summed E-state index contributed by atoms with van der Waals surface area (Å²) in [5, 5.41) is 10.8. The zero-order valence-electron chi connectivity index (χ0n) is 23.0. The Morgan fingerprint density at radius 1 is 1.16 bits per heavy atom. The number of carbonyl (C=O) groups is 1. The number of nitrogens with one attached hydrogen (secondary N) is 1. The third-order valence-corrected chi connectivity index (χ3v) is 11.6. The van der Waals surface area contributed by atoms with Crippen molar-refractivity contribution in [2.45, 2.75) is 83.2 Å². The van der Waals surface area contributed by atoms with Crippen molar-refractivity contribution in [1.82, 2.24) is 14.8 Å². The number of aromatic nitrogens is 1. The van der Waals surface area contributed by atoms with Crippen LogP contribution in [0.15, 0.2) is 35.1 Å². The minimum atomic E-state index is -0.282. The van der Waals surface area contributed by atoms with E-state index in [-0.39, 0.29) is 33.9 Å². The third kappa shape index (κ3) is 3.22. The highest BCUT2D eigenvalue weighted by molar-refractivity contribution is 5.94. The van der Waals surface area contributed by atoms with Crippen LogP contribution in [0.2, 0.25) is 0 Å². The van der Waals surface area contributed by atoms with E-state index in [1.165, 1.54) is 30.5 Å². The van der Waals surface area contributed by atoms with Gasteiger partial charge in [-0.1, -0.05) is 13.0 Å². The van der Waals surface area contributed by atoms with Crippen LogP contribution < -0.4 is 5.56 Å². The lowest BCUT2D eigenvalue weighted by molar-refractivity contribution is -0.0870. The molecule has 1 aromatic heterocycles. The Bertz CT molecular complexity index is 1350. The summed E-state index contributed by atoms with van der Waals surface area (Å²) in [6, 6.07) is 10.2. The van der Waals surface area contributed by atoms with Gasteiger partial charge in [0.1, 0.15) is 11.3 Å². The number of H-pyrrole nitrogens is 1. The number of carbonyl (C=O) groups excluding carboxylic acids is 1. The van der Waals surface area contributed by atoms with E-state index >= 15 is 0 Å². The average Bonchev–Trinajstić information content (AvgIpc) is 3.60. The van der Waals surface area contributed by atoms with Gasteiger partial charge in [-0.05, 0) is 124 Å². The fourth-order valence-corrected chi connectivity index (χ4v) is 9.89. The molecular formula is C32H41N3O3. The van der Waals surface area contributed by atoms with Gasteiger partial charge in [0.25, 0.3) is 11.5 Å². The van der Waals surface area contributed by atoms with Gasteiger partial charge in [0.05, 0.1) is 0 Å². The van der Waals surface area contributed by atoms with Crippen molar-refractivity contribution < 1.29 is 9.90 Å². The number of benzene rings is 1. The maximum absolute atomic E-state index is 13.9.